The lowest BCUT2D eigenvalue weighted by Gasteiger charge is -2.05. The Morgan fingerprint density at radius 1 is 1.06 bits per heavy atom. The number of hydrogen-bond acceptors (Lipinski definition) is 2. The van der Waals surface area contributed by atoms with Crippen LogP contribution in [-0.4, -0.2) is 4.98 Å². The van der Waals surface area contributed by atoms with Crippen molar-refractivity contribution >= 4 is 5.69 Å². The predicted octanol–water partition coefficient (Wildman–Crippen LogP) is 1.89. The molecule has 0 saturated heterocycles. The second kappa shape index (κ2) is 3.52. The molecule has 2 aromatic rings. The molecule has 0 saturated carbocycles. The quantitative estimate of drug-likeness (QED) is 0.700. The highest BCUT2D eigenvalue weighted by Crippen LogP contribution is 2.23. The van der Waals surface area contributed by atoms with Crippen LogP contribution in [0.5, 0.6) is 0 Å². The lowest BCUT2D eigenvalue weighted by Crippen LogP contribution is -2.14. The zero-order chi connectivity index (χ0) is 11.0. The summed E-state index contributed by atoms with van der Waals surface area (Å²) in [6.07, 6.45) is 2.41. The van der Waals surface area contributed by atoms with E-state index >= 15 is 0 Å². The fourth-order valence-electron chi connectivity index (χ4n) is 2.14. The summed E-state index contributed by atoms with van der Waals surface area (Å²) < 4.78 is 0. The summed E-state index contributed by atoms with van der Waals surface area (Å²) >= 11 is 0. The first-order valence-corrected chi connectivity index (χ1v) is 5.36. The second-order valence-corrected chi connectivity index (χ2v) is 4.00. The minimum Gasteiger partial charge on any atom is -0.381 e. The topological polar surface area (TPSA) is 44.9 Å². The molecule has 1 aliphatic rings. The Morgan fingerprint density at radius 2 is 1.94 bits per heavy atom. The minimum atomic E-state index is 0.0241. The van der Waals surface area contributed by atoms with Crippen LogP contribution in [0.15, 0.2) is 41.3 Å². The molecule has 3 heteroatoms. The molecule has 80 valence electrons. The van der Waals surface area contributed by atoms with Crippen molar-refractivity contribution < 1.29 is 0 Å². The SMILES string of the molecule is O=c1[nH]ccc2c1Cc1ccccc1NC2. The normalized spacial score (nSPS) is 13.2. The molecule has 0 spiro atoms. The Balaban J connectivity index is 2.17. The number of H-pyrrole nitrogens is 1. The van der Waals surface area contributed by atoms with E-state index in [-0.39, 0.29) is 5.56 Å². The van der Waals surface area contributed by atoms with Gasteiger partial charge in [0.15, 0.2) is 0 Å². The van der Waals surface area contributed by atoms with Crippen LogP contribution in [0, 0.1) is 0 Å². The van der Waals surface area contributed by atoms with Gasteiger partial charge in [-0.25, -0.2) is 0 Å². The summed E-state index contributed by atoms with van der Waals surface area (Å²) in [5, 5.41) is 3.36. The third-order valence-electron chi connectivity index (χ3n) is 3.01. The molecule has 16 heavy (non-hydrogen) atoms. The molecule has 2 heterocycles. The fraction of sp³-hybridized carbons (Fsp3) is 0.154. The molecule has 1 aliphatic heterocycles. The summed E-state index contributed by atoms with van der Waals surface area (Å²) in [4.78, 5) is 14.5. The zero-order valence-electron chi connectivity index (χ0n) is 8.79. The van der Waals surface area contributed by atoms with E-state index in [0.717, 1.165) is 23.4 Å². The molecular weight excluding hydrogens is 200 g/mol. The average Bonchev–Trinajstić information content (AvgIpc) is 2.50. The maximum absolute atomic E-state index is 11.7. The van der Waals surface area contributed by atoms with Gasteiger partial charge in [-0.1, -0.05) is 18.2 Å². The number of aromatic amines is 1. The van der Waals surface area contributed by atoms with Crippen LogP contribution < -0.4 is 10.9 Å². The molecule has 3 nitrogen and oxygen atoms in total. The molecule has 0 bridgehead atoms. The fourth-order valence-corrected chi connectivity index (χ4v) is 2.14. The number of hydrogen-bond donors (Lipinski definition) is 2. The van der Waals surface area contributed by atoms with Crippen LogP contribution in [-0.2, 0) is 13.0 Å². The van der Waals surface area contributed by atoms with E-state index in [1.165, 1.54) is 5.56 Å². The molecule has 0 aliphatic carbocycles. The molecule has 1 aromatic carbocycles. The van der Waals surface area contributed by atoms with Gasteiger partial charge in [0.05, 0.1) is 0 Å². The van der Waals surface area contributed by atoms with Gasteiger partial charge >= 0.3 is 0 Å². The summed E-state index contributed by atoms with van der Waals surface area (Å²) in [6.45, 7) is 0.719. The maximum atomic E-state index is 11.7. The van der Waals surface area contributed by atoms with E-state index in [4.69, 9.17) is 0 Å². The third-order valence-corrected chi connectivity index (χ3v) is 3.01. The van der Waals surface area contributed by atoms with Crippen molar-refractivity contribution in [3.8, 4) is 0 Å². The van der Waals surface area contributed by atoms with Crippen molar-refractivity contribution in [2.75, 3.05) is 5.32 Å². The molecule has 0 unspecified atom stereocenters. The monoisotopic (exact) mass is 212 g/mol. The van der Waals surface area contributed by atoms with Crippen molar-refractivity contribution in [2.45, 2.75) is 13.0 Å². The van der Waals surface area contributed by atoms with Crippen LogP contribution in [0.1, 0.15) is 16.7 Å². The highest BCUT2D eigenvalue weighted by atomic mass is 16.1. The highest BCUT2D eigenvalue weighted by molar-refractivity contribution is 5.55. The third kappa shape index (κ3) is 1.41. The van der Waals surface area contributed by atoms with Gasteiger partial charge in [-0.15, -0.1) is 0 Å². The van der Waals surface area contributed by atoms with Gasteiger partial charge in [0, 0.05) is 30.4 Å². The predicted molar refractivity (Wildman–Crippen MR) is 63.6 cm³/mol. The molecular formula is C13H12N2O. The van der Waals surface area contributed by atoms with Crippen LogP contribution >= 0.6 is 0 Å². The Kier molecular flexibility index (Phi) is 2.03. The molecule has 1 aromatic heterocycles. The van der Waals surface area contributed by atoms with E-state index in [0.29, 0.717) is 6.42 Å². The maximum Gasteiger partial charge on any atom is 0.251 e. The van der Waals surface area contributed by atoms with E-state index < -0.39 is 0 Å². The largest absolute Gasteiger partial charge is 0.381 e. The number of rotatable bonds is 0. The van der Waals surface area contributed by atoms with Gasteiger partial charge in [-0.2, -0.15) is 0 Å². The van der Waals surface area contributed by atoms with Crippen LogP contribution in [0.4, 0.5) is 5.69 Å². The van der Waals surface area contributed by atoms with Gasteiger partial charge in [0.1, 0.15) is 0 Å². The van der Waals surface area contributed by atoms with E-state index in [1.807, 2.05) is 18.2 Å². The second-order valence-electron chi connectivity index (χ2n) is 4.00. The number of benzene rings is 1. The molecule has 0 amide bonds. The average molecular weight is 212 g/mol. The van der Waals surface area contributed by atoms with Crippen molar-refractivity contribution in [3.63, 3.8) is 0 Å². The Bertz CT molecular complexity index is 586. The number of anilines is 1. The van der Waals surface area contributed by atoms with Gasteiger partial charge in [-0.05, 0) is 23.3 Å². The van der Waals surface area contributed by atoms with Crippen LogP contribution in [0.3, 0.4) is 0 Å². The molecule has 0 radical (unpaired) electrons. The number of fused-ring (bicyclic) bond motifs is 2. The highest BCUT2D eigenvalue weighted by Gasteiger charge is 2.14. The smallest absolute Gasteiger partial charge is 0.251 e. The molecule has 3 rings (SSSR count). The zero-order valence-corrected chi connectivity index (χ0v) is 8.79. The molecule has 2 N–H and O–H groups in total. The lowest BCUT2D eigenvalue weighted by atomic mass is 10.0. The Hall–Kier alpha value is -2.03. The summed E-state index contributed by atoms with van der Waals surface area (Å²) in [5.41, 5.74) is 4.28. The van der Waals surface area contributed by atoms with Crippen molar-refractivity contribution in [1.82, 2.24) is 4.98 Å². The van der Waals surface area contributed by atoms with Crippen molar-refractivity contribution in [3.05, 3.63) is 63.6 Å². The lowest BCUT2D eigenvalue weighted by molar-refractivity contribution is 1.05. The number of nitrogens with one attached hydrogen (secondary N) is 2. The van der Waals surface area contributed by atoms with E-state index in [9.17, 15) is 4.79 Å². The van der Waals surface area contributed by atoms with E-state index in [2.05, 4.69) is 22.4 Å². The van der Waals surface area contributed by atoms with Crippen molar-refractivity contribution in [2.24, 2.45) is 0 Å². The standard InChI is InChI=1S/C13H12N2O/c16-13-11-7-9-3-1-2-4-12(9)15-8-10(11)5-6-14-13/h1-6,15H,7-8H2,(H,14,16). The summed E-state index contributed by atoms with van der Waals surface area (Å²) in [6, 6.07) is 10.1. The number of aromatic nitrogens is 1. The van der Waals surface area contributed by atoms with Gasteiger partial charge < -0.3 is 10.3 Å². The summed E-state index contributed by atoms with van der Waals surface area (Å²) in [7, 11) is 0. The first kappa shape index (κ1) is 9.21. The van der Waals surface area contributed by atoms with Gasteiger partial charge in [0.25, 0.3) is 5.56 Å². The summed E-state index contributed by atoms with van der Waals surface area (Å²) in [5.74, 6) is 0. The molecule has 0 atom stereocenters. The minimum absolute atomic E-state index is 0.0241. The van der Waals surface area contributed by atoms with Crippen molar-refractivity contribution in [1.29, 1.82) is 0 Å². The van der Waals surface area contributed by atoms with Gasteiger partial charge in [-0.3, -0.25) is 4.79 Å². The van der Waals surface area contributed by atoms with E-state index in [1.54, 1.807) is 6.20 Å². The van der Waals surface area contributed by atoms with Crippen LogP contribution in [0.25, 0.3) is 0 Å². The first-order valence-electron chi connectivity index (χ1n) is 5.36. The number of pyridine rings is 1. The Labute approximate surface area is 93.1 Å². The first-order chi connectivity index (χ1) is 7.84. The molecule has 0 fully saturated rings. The number of para-hydroxylation sites is 1. The Morgan fingerprint density at radius 3 is 2.88 bits per heavy atom. The van der Waals surface area contributed by atoms with Gasteiger partial charge in [0.2, 0.25) is 0 Å². The van der Waals surface area contributed by atoms with Crippen LogP contribution in [0.2, 0.25) is 0 Å².